The minimum atomic E-state index is 0.0405. The Morgan fingerprint density at radius 3 is 2.86 bits per heavy atom. The van der Waals surface area contributed by atoms with E-state index in [-0.39, 0.29) is 11.8 Å². The van der Waals surface area contributed by atoms with Crippen molar-refractivity contribution in [1.29, 1.82) is 0 Å². The molecule has 28 heavy (non-hydrogen) atoms. The first kappa shape index (κ1) is 19.4. The molecule has 7 nitrogen and oxygen atoms in total. The summed E-state index contributed by atoms with van der Waals surface area (Å²) in [5, 5.41) is 3.88. The van der Waals surface area contributed by atoms with E-state index in [1.807, 2.05) is 18.2 Å². The number of piperidine rings is 1. The van der Waals surface area contributed by atoms with Crippen LogP contribution in [0.5, 0.6) is 0 Å². The molecular weight excluding hydrogens is 416 g/mol. The van der Waals surface area contributed by atoms with Crippen LogP contribution in [0.1, 0.15) is 12.8 Å². The van der Waals surface area contributed by atoms with Gasteiger partial charge in [-0.3, -0.25) is 4.79 Å². The first-order valence-electron chi connectivity index (χ1n) is 8.86. The zero-order valence-electron chi connectivity index (χ0n) is 15.1. The number of hydrogen-bond acceptors (Lipinski definition) is 8. The third-order valence-electron chi connectivity index (χ3n) is 4.83. The minimum Gasteiger partial charge on any atom is -0.330 e. The molecule has 1 fully saturated rings. The Hall–Kier alpha value is -1.94. The number of pyridine rings is 2. The monoisotopic (exact) mass is 434 g/mol. The number of thiol groups is 1. The van der Waals surface area contributed by atoms with Crippen LogP contribution >= 0.6 is 35.8 Å². The fraction of sp³-hybridized carbons (Fsp3) is 0.333. The summed E-state index contributed by atoms with van der Waals surface area (Å²) in [5.74, 6) is 0.0813. The van der Waals surface area contributed by atoms with Gasteiger partial charge in [0.25, 0.3) is 0 Å². The number of rotatable bonds is 4. The molecule has 1 saturated heterocycles. The fourth-order valence-corrected chi connectivity index (χ4v) is 4.40. The molecule has 1 aliphatic rings. The van der Waals surface area contributed by atoms with Gasteiger partial charge in [0.2, 0.25) is 5.91 Å². The lowest BCUT2D eigenvalue weighted by Gasteiger charge is -2.27. The lowest BCUT2D eigenvalue weighted by molar-refractivity contribution is -0.121. The predicted molar refractivity (Wildman–Crippen MR) is 117 cm³/mol. The number of amides is 1. The molecule has 0 aliphatic carbocycles. The molecule has 1 aliphatic heterocycles. The first-order chi connectivity index (χ1) is 13.5. The van der Waals surface area contributed by atoms with Crippen molar-refractivity contribution in [2.24, 2.45) is 5.92 Å². The van der Waals surface area contributed by atoms with E-state index in [1.54, 1.807) is 6.20 Å². The number of likely N-dealkylation sites (tertiary alicyclic amines) is 1. The van der Waals surface area contributed by atoms with Crippen LogP contribution in [-0.4, -0.2) is 45.9 Å². The van der Waals surface area contributed by atoms with E-state index < -0.39 is 0 Å². The summed E-state index contributed by atoms with van der Waals surface area (Å²) in [4.78, 5) is 28.8. The largest absolute Gasteiger partial charge is 0.330 e. The summed E-state index contributed by atoms with van der Waals surface area (Å²) in [5.41, 5.74) is 2.92. The highest BCUT2D eigenvalue weighted by atomic mass is 35.5. The summed E-state index contributed by atoms with van der Waals surface area (Å²) < 4.78 is 2.71. The van der Waals surface area contributed by atoms with Crippen LogP contribution in [0, 0.1) is 5.92 Å². The van der Waals surface area contributed by atoms with Crippen LogP contribution in [0.4, 0.5) is 10.8 Å². The summed E-state index contributed by atoms with van der Waals surface area (Å²) in [6.45, 7) is 1.89. The Bertz CT molecular complexity index is 1020. The van der Waals surface area contributed by atoms with Crippen molar-refractivity contribution in [3.63, 3.8) is 0 Å². The van der Waals surface area contributed by atoms with Crippen molar-refractivity contribution in [2.75, 3.05) is 30.2 Å². The Morgan fingerprint density at radius 1 is 1.32 bits per heavy atom. The molecule has 1 amide bonds. The van der Waals surface area contributed by atoms with E-state index in [9.17, 15) is 4.79 Å². The van der Waals surface area contributed by atoms with E-state index in [0.717, 1.165) is 47.5 Å². The number of anilines is 2. The lowest BCUT2D eigenvalue weighted by atomic mass is 9.96. The molecule has 10 heteroatoms. The van der Waals surface area contributed by atoms with Gasteiger partial charge in [0.1, 0.15) is 10.3 Å². The van der Waals surface area contributed by atoms with E-state index in [4.69, 9.17) is 11.6 Å². The standard InChI is InChI=1S/C18H19ClN6OS2/c1-25-6-4-10(5-7-25)16(26)23-18-22-13-3-2-12(21-17(13)28-18)11-8-14(24-27)15(19)20-9-11/h2-3,8-10,24,27H,4-7H2,1H3,(H,22,23,26). The van der Waals surface area contributed by atoms with Gasteiger partial charge in [0.15, 0.2) is 10.3 Å². The molecule has 0 atom stereocenters. The van der Waals surface area contributed by atoms with Gasteiger partial charge in [-0.1, -0.05) is 35.8 Å². The number of aromatic nitrogens is 3. The maximum Gasteiger partial charge on any atom is 0.229 e. The normalized spacial score (nSPS) is 15.7. The van der Waals surface area contributed by atoms with Crippen molar-refractivity contribution in [3.8, 4) is 11.3 Å². The van der Waals surface area contributed by atoms with Gasteiger partial charge in [0, 0.05) is 17.7 Å². The van der Waals surface area contributed by atoms with Crippen molar-refractivity contribution < 1.29 is 4.79 Å². The third-order valence-corrected chi connectivity index (χ3v) is 6.25. The molecule has 3 aromatic heterocycles. The van der Waals surface area contributed by atoms with Crippen LogP contribution < -0.4 is 10.0 Å². The van der Waals surface area contributed by atoms with Gasteiger partial charge in [0.05, 0.1) is 11.4 Å². The Morgan fingerprint density at radius 2 is 2.11 bits per heavy atom. The van der Waals surface area contributed by atoms with Crippen LogP contribution in [0.3, 0.4) is 0 Å². The number of halogens is 1. The zero-order chi connectivity index (χ0) is 19.7. The Labute approximate surface area is 177 Å². The molecule has 0 saturated carbocycles. The summed E-state index contributed by atoms with van der Waals surface area (Å²) >= 11 is 11.4. The molecule has 3 aromatic rings. The molecule has 4 heterocycles. The summed E-state index contributed by atoms with van der Waals surface area (Å²) in [6, 6.07) is 5.60. The van der Waals surface area contributed by atoms with E-state index in [2.05, 4.69) is 49.8 Å². The van der Waals surface area contributed by atoms with Gasteiger partial charge in [-0.25, -0.2) is 15.0 Å². The highest BCUT2D eigenvalue weighted by Gasteiger charge is 2.24. The average molecular weight is 435 g/mol. The van der Waals surface area contributed by atoms with Crippen molar-refractivity contribution in [2.45, 2.75) is 12.8 Å². The number of nitrogens with one attached hydrogen (secondary N) is 2. The minimum absolute atomic E-state index is 0.0405. The van der Waals surface area contributed by atoms with E-state index in [0.29, 0.717) is 16.0 Å². The van der Waals surface area contributed by atoms with Gasteiger partial charge in [-0.15, -0.1) is 0 Å². The van der Waals surface area contributed by atoms with Crippen molar-refractivity contribution in [3.05, 3.63) is 29.5 Å². The second kappa shape index (κ2) is 8.20. The highest BCUT2D eigenvalue weighted by molar-refractivity contribution is 7.81. The van der Waals surface area contributed by atoms with Crippen molar-refractivity contribution in [1.82, 2.24) is 19.9 Å². The number of thiazole rings is 1. The van der Waals surface area contributed by atoms with Gasteiger partial charge in [-0.05, 0) is 51.2 Å². The molecule has 2 N–H and O–H groups in total. The van der Waals surface area contributed by atoms with Gasteiger partial charge < -0.3 is 14.9 Å². The SMILES string of the molecule is CN1CCC(C(=O)Nc2nc3ccc(-c4cnc(Cl)c(NS)c4)nc3s2)CC1. The molecule has 0 spiro atoms. The van der Waals surface area contributed by atoms with E-state index in [1.165, 1.54) is 11.3 Å². The topological polar surface area (TPSA) is 83.0 Å². The predicted octanol–water partition coefficient (Wildman–Crippen LogP) is 3.94. The van der Waals surface area contributed by atoms with Gasteiger partial charge >= 0.3 is 0 Å². The smallest absolute Gasteiger partial charge is 0.229 e. The summed E-state index contributed by atoms with van der Waals surface area (Å²) in [6.07, 6.45) is 3.41. The molecule has 0 bridgehead atoms. The van der Waals surface area contributed by atoms with Gasteiger partial charge in [-0.2, -0.15) is 0 Å². The molecule has 0 unspecified atom stereocenters. The molecule has 146 valence electrons. The number of carbonyl (C=O) groups excluding carboxylic acids is 1. The lowest BCUT2D eigenvalue weighted by Crippen LogP contribution is -2.35. The highest BCUT2D eigenvalue weighted by Crippen LogP contribution is 2.30. The number of nitrogens with zero attached hydrogens (tertiary/aromatic N) is 4. The maximum absolute atomic E-state index is 12.5. The van der Waals surface area contributed by atoms with Crippen LogP contribution in [0.2, 0.25) is 5.15 Å². The number of hydrogen-bond donors (Lipinski definition) is 3. The molecule has 0 radical (unpaired) electrons. The average Bonchev–Trinajstić information content (AvgIpc) is 3.10. The molecule has 0 aromatic carbocycles. The fourth-order valence-electron chi connectivity index (χ4n) is 3.18. The van der Waals surface area contributed by atoms with Crippen LogP contribution in [0.15, 0.2) is 24.4 Å². The third kappa shape index (κ3) is 4.07. The maximum atomic E-state index is 12.5. The summed E-state index contributed by atoms with van der Waals surface area (Å²) in [7, 11) is 2.08. The quantitative estimate of drug-likeness (QED) is 0.426. The van der Waals surface area contributed by atoms with E-state index >= 15 is 0 Å². The number of carbonyl (C=O) groups is 1. The molecular formula is C18H19ClN6OS2. The van der Waals surface area contributed by atoms with Crippen LogP contribution in [0.25, 0.3) is 21.6 Å². The van der Waals surface area contributed by atoms with Crippen molar-refractivity contribution >= 4 is 62.8 Å². The number of fused-ring (bicyclic) bond motifs is 1. The second-order valence-corrected chi connectivity index (χ2v) is 8.34. The Kier molecular flexibility index (Phi) is 5.68. The molecule has 4 rings (SSSR count). The zero-order valence-corrected chi connectivity index (χ0v) is 17.6. The Balaban J connectivity index is 1.54. The second-order valence-electron chi connectivity index (χ2n) is 6.78. The van der Waals surface area contributed by atoms with Crippen LogP contribution in [-0.2, 0) is 4.79 Å². The first-order valence-corrected chi connectivity index (χ1v) is 10.5.